The van der Waals surface area contributed by atoms with E-state index in [1.807, 2.05) is 0 Å². The SMILES string of the molecule is CC(C)[Si](O[C@H]1CC[C@@]2(C)C(=CC[C@H]3[C@@H]4CC[C@H]([C@H](C)CCCC=O)[C@@]4(C)CC[C@@H]32)C1)C(C)(C)C. The molecule has 0 amide bonds. The fraction of sp³-hybridized carbons (Fsp3) is 0.906. The number of rotatable bonds is 8. The van der Waals surface area contributed by atoms with Crippen LogP contribution in [0.2, 0.25) is 10.6 Å². The molecule has 0 aliphatic heterocycles. The van der Waals surface area contributed by atoms with Gasteiger partial charge in [-0.3, -0.25) is 0 Å². The lowest BCUT2D eigenvalue weighted by Crippen LogP contribution is -2.51. The standard InChI is InChI=1S/C32H55O2Si/c1-22(2)35(30(4,5)6)34-25-16-18-31(7)24(21-25)12-13-26-28-15-14-27(23(3)11-9-10-20-33)32(28,8)19-17-29(26)31/h12,20,22-23,25-29H,9-11,13-19,21H2,1-8H3/t23-,25+,26+,27-,28+,29+,31+,32-/m1/s1. The van der Waals surface area contributed by atoms with E-state index in [0.29, 0.717) is 27.5 Å². The highest BCUT2D eigenvalue weighted by atomic mass is 28.3. The maximum Gasteiger partial charge on any atom is 0.220 e. The quantitative estimate of drug-likeness (QED) is 0.144. The maximum absolute atomic E-state index is 10.8. The second-order valence-electron chi connectivity index (χ2n) is 14.8. The summed E-state index contributed by atoms with van der Waals surface area (Å²) in [4.78, 5) is 10.8. The van der Waals surface area contributed by atoms with Crippen LogP contribution in [0.4, 0.5) is 0 Å². The zero-order chi connectivity index (χ0) is 25.6. The number of hydrogen-bond acceptors (Lipinski definition) is 2. The highest BCUT2D eigenvalue weighted by Crippen LogP contribution is 2.67. The summed E-state index contributed by atoms with van der Waals surface area (Å²) in [5.41, 5.74) is 3.34. The van der Waals surface area contributed by atoms with Crippen LogP contribution in [-0.4, -0.2) is 21.4 Å². The van der Waals surface area contributed by atoms with Gasteiger partial charge < -0.3 is 9.22 Å². The molecule has 1 radical (unpaired) electrons. The third kappa shape index (κ3) is 5.16. The second kappa shape index (κ2) is 10.4. The van der Waals surface area contributed by atoms with Crippen LogP contribution < -0.4 is 0 Å². The van der Waals surface area contributed by atoms with Gasteiger partial charge in [0, 0.05) is 12.5 Å². The lowest BCUT2D eigenvalue weighted by Gasteiger charge is -2.58. The van der Waals surface area contributed by atoms with Gasteiger partial charge in [-0.05, 0) is 109 Å². The fourth-order valence-electron chi connectivity index (χ4n) is 9.79. The van der Waals surface area contributed by atoms with Gasteiger partial charge in [-0.25, -0.2) is 0 Å². The minimum absolute atomic E-state index is 0.294. The highest BCUT2D eigenvalue weighted by Gasteiger charge is 2.59. The van der Waals surface area contributed by atoms with E-state index in [4.69, 9.17) is 4.43 Å². The number of carbonyl (C=O) groups excluding carboxylic acids is 1. The molecule has 4 aliphatic carbocycles. The number of aldehydes is 1. The van der Waals surface area contributed by atoms with Crippen LogP contribution in [0.25, 0.3) is 0 Å². The van der Waals surface area contributed by atoms with E-state index < -0.39 is 9.04 Å². The Morgan fingerprint density at radius 2 is 1.83 bits per heavy atom. The first-order valence-electron chi connectivity index (χ1n) is 15.1. The number of hydrogen-bond donors (Lipinski definition) is 0. The number of allylic oxidation sites excluding steroid dienone is 1. The largest absolute Gasteiger partial charge is 0.413 e. The van der Waals surface area contributed by atoms with E-state index >= 15 is 0 Å². The minimum Gasteiger partial charge on any atom is -0.413 e. The molecule has 199 valence electrons. The summed E-state index contributed by atoms with van der Waals surface area (Å²) in [5.74, 6) is 4.29. The van der Waals surface area contributed by atoms with Gasteiger partial charge in [-0.2, -0.15) is 0 Å². The smallest absolute Gasteiger partial charge is 0.220 e. The molecule has 0 unspecified atom stereocenters. The lowest BCUT2D eigenvalue weighted by molar-refractivity contribution is -0.108. The molecule has 0 aromatic heterocycles. The van der Waals surface area contributed by atoms with Crippen molar-refractivity contribution in [3.8, 4) is 0 Å². The van der Waals surface area contributed by atoms with E-state index in [2.05, 4.69) is 61.5 Å². The zero-order valence-corrected chi connectivity index (χ0v) is 25.3. The van der Waals surface area contributed by atoms with Gasteiger partial charge in [-0.15, -0.1) is 0 Å². The van der Waals surface area contributed by atoms with Gasteiger partial charge in [0.15, 0.2) is 0 Å². The van der Waals surface area contributed by atoms with Crippen LogP contribution in [-0.2, 0) is 9.22 Å². The normalized spacial score (nSPS) is 40.2. The average Bonchev–Trinajstić information content (AvgIpc) is 3.14. The third-order valence-corrected chi connectivity index (χ3v) is 14.5. The molecular weight excluding hydrogens is 444 g/mol. The van der Waals surface area contributed by atoms with E-state index in [1.54, 1.807) is 5.57 Å². The Balaban J connectivity index is 1.46. The number of carbonyl (C=O) groups is 1. The monoisotopic (exact) mass is 499 g/mol. The molecule has 4 rings (SSSR count). The summed E-state index contributed by atoms with van der Waals surface area (Å²) < 4.78 is 6.95. The van der Waals surface area contributed by atoms with Crippen LogP contribution in [0, 0.1) is 40.4 Å². The topological polar surface area (TPSA) is 26.3 Å². The molecule has 35 heavy (non-hydrogen) atoms. The van der Waals surface area contributed by atoms with Crippen molar-refractivity contribution < 1.29 is 9.22 Å². The predicted octanol–water partition coefficient (Wildman–Crippen LogP) is 9.16. The predicted molar refractivity (Wildman–Crippen MR) is 150 cm³/mol. The first-order chi connectivity index (χ1) is 16.4. The average molecular weight is 500 g/mol. The molecular formula is C32H55O2Si. The molecule has 3 fully saturated rings. The summed E-state index contributed by atoms with van der Waals surface area (Å²) in [6.07, 6.45) is 18.1. The molecule has 0 aromatic carbocycles. The summed E-state index contributed by atoms with van der Waals surface area (Å²) in [6, 6.07) is 0. The van der Waals surface area contributed by atoms with Crippen molar-refractivity contribution in [2.24, 2.45) is 40.4 Å². The maximum atomic E-state index is 10.8. The molecule has 3 heteroatoms. The Bertz CT molecular complexity index is 781. The molecule has 0 heterocycles. The van der Waals surface area contributed by atoms with Gasteiger partial charge in [-0.1, -0.05) is 73.5 Å². The van der Waals surface area contributed by atoms with Gasteiger partial charge >= 0.3 is 0 Å². The van der Waals surface area contributed by atoms with Crippen LogP contribution in [0.5, 0.6) is 0 Å². The molecule has 3 saturated carbocycles. The third-order valence-electron chi connectivity index (χ3n) is 11.4. The molecule has 0 spiro atoms. The summed E-state index contributed by atoms with van der Waals surface area (Å²) in [7, 11) is -0.844. The molecule has 0 saturated heterocycles. The second-order valence-corrected chi connectivity index (χ2v) is 18.4. The lowest BCUT2D eigenvalue weighted by atomic mass is 9.47. The van der Waals surface area contributed by atoms with Crippen molar-refractivity contribution in [3.63, 3.8) is 0 Å². The molecule has 2 nitrogen and oxygen atoms in total. The minimum atomic E-state index is -0.844. The van der Waals surface area contributed by atoms with Gasteiger partial charge in [0.2, 0.25) is 9.04 Å². The van der Waals surface area contributed by atoms with Crippen molar-refractivity contribution in [3.05, 3.63) is 11.6 Å². The Hall–Kier alpha value is -0.413. The van der Waals surface area contributed by atoms with E-state index in [0.717, 1.165) is 48.7 Å². The summed E-state index contributed by atoms with van der Waals surface area (Å²) in [5, 5.41) is 0.294. The van der Waals surface area contributed by atoms with Crippen molar-refractivity contribution in [2.45, 2.75) is 143 Å². The van der Waals surface area contributed by atoms with E-state index in [-0.39, 0.29) is 0 Å². The van der Waals surface area contributed by atoms with Gasteiger partial charge in [0.1, 0.15) is 6.29 Å². The van der Waals surface area contributed by atoms with Gasteiger partial charge in [0.25, 0.3) is 0 Å². The van der Waals surface area contributed by atoms with Crippen molar-refractivity contribution in [1.82, 2.24) is 0 Å². The van der Waals surface area contributed by atoms with E-state index in [9.17, 15) is 4.79 Å². The molecule has 0 bridgehead atoms. The van der Waals surface area contributed by atoms with E-state index in [1.165, 1.54) is 57.8 Å². The first kappa shape index (κ1) is 27.6. The highest BCUT2D eigenvalue weighted by molar-refractivity contribution is 6.56. The fourth-order valence-corrected chi connectivity index (χ4v) is 12.7. The Morgan fingerprint density at radius 1 is 1.09 bits per heavy atom. The summed E-state index contributed by atoms with van der Waals surface area (Å²) in [6.45, 7) is 19.7. The molecule has 0 aromatic rings. The van der Waals surface area contributed by atoms with Crippen molar-refractivity contribution in [1.29, 1.82) is 0 Å². The Labute approximate surface area is 219 Å². The van der Waals surface area contributed by atoms with Crippen LogP contribution in [0.1, 0.15) is 126 Å². The zero-order valence-electron chi connectivity index (χ0n) is 24.3. The van der Waals surface area contributed by atoms with Crippen LogP contribution in [0.15, 0.2) is 11.6 Å². The number of unbranched alkanes of at least 4 members (excludes halogenated alkanes) is 1. The van der Waals surface area contributed by atoms with Crippen LogP contribution in [0.3, 0.4) is 0 Å². The molecule has 0 N–H and O–H groups in total. The Morgan fingerprint density at radius 3 is 2.49 bits per heavy atom. The van der Waals surface area contributed by atoms with Gasteiger partial charge in [0.05, 0.1) is 0 Å². The van der Waals surface area contributed by atoms with Crippen LogP contribution >= 0.6 is 0 Å². The Kier molecular flexibility index (Phi) is 8.20. The molecule has 8 atom stereocenters. The van der Waals surface area contributed by atoms with Crippen molar-refractivity contribution >= 4 is 15.3 Å². The first-order valence-corrected chi connectivity index (χ1v) is 16.6. The number of fused-ring (bicyclic) bond motifs is 5. The molecule has 4 aliphatic rings. The summed E-state index contributed by atoms with van der Waals surface area (Å²) >= 11 is 0. The van der Waals surface area contributed by atoms with Crippen molar-refractivity contribution in [2.75, 3.05) is 0 Å².